The molecular formula is C19H14N4O3. The first-order valence-corrected chi connectivity index (χ1v) is 7.93. The number of carbonyl (C=O) groups is 1. The van der Waals surface area contributed by atoms with Crippen molar-refractivity contribution in [2.45, 2.75) is 6.54 Å². The predicted molar refractivity (Wildman–Crippen MR) is 93.2 cm³/mol. The number of aromatic nitrogens is 3. The van der Waals surface area contributed by atoms with Gasteiger partial charge in [0.05, 0.1) is 12.8 Å². The Balaban J connectivity index is 1.65. The minimum absolute atomic E-state index is 0.182. The van der Waals surface area contributed by atoms with Crippen molar-refractivity contribution < 1.29 is 13.7 Å². The normalized spacial score (nSPS) is 10.6. The Labute approximate surface area is 148 Å². The lowest BCUT2D eigenvalue weighted by atomic mass is 10.2. The van der Waals surface area contributed by atoms with Crippen LogP contribution in [0, 0.1) is 0 Å². The number of anilines is 1. The number of nitrogens with zero attached hydrogens (tertiary/aromatic N) is 4. The van der Waals surface area contributed by atoms with Crippen molar-refractivity contribution >= 4 is 11.7 Å². The number of amides is 1. The van der Waals surface area contributed by atoms with Crippen molar-refractivity contribution in [2.75, 3.05) is 4.90 Å². The zero-order valence-corrected chi connectivity index (χ0v) is 13.6. The Hall–Kier alpha value is -3.74. The fourth-order valence-corrected chi connectivity index (χ4v) is 2.49. The Bertz CT molecular complexity index is 982. The second kappa shape index (κ2) is 7.02. The van der Waals surface area contributed by atoms with Gasteiger partial charge in [-0.15, -0.1) is 0 Å². The van der Waals surface area contributed by atoms with Crippen molar-refractivity contribution in [3.8, 4) is 11.3 Å². The zero-order valence-electron chi connectivity index (χ0n) is 13.6. The molecule has 4 rings (SSSR count). The van der Waals surface area contributed by atoms with Crippen LogP contribution in [0.3, 0.4) is 0 Å². The molecule has 7 nitrogen and oxygen atoms in total. The largest absolute Gasteiger partial charge is 0.467 e. The molecule has 7 heteroatoms. The van der Waals surface area contributed by atoms with Gasteiger partial charge in [0, 0.05) is 30.2 Å². The number of hydrogen-bond donors (Lipinski definition) is 0. The van der Waals surface area contributed by atoms with E-state index in [0.29, 0.717) is 17.3 Å². The van der Waals surface area contributed by atoms with Gasteiger partial charge in [0.2, 0.25) is 0 Å². The van der Waals surface area contributed by atoms with E-state index in [4.69, 9.17) is 8.94 Å². The molecule has 0 N–H and O–H groups in total. The highest BCUT2D eigenvalue weighted by atomic mass is 16.5. The second-order valence-electron chi connectivity index (χ2n) is 5.48. The predicted octanol–water partition coefficient (Wildman–Crippen LogP) is 3.57. The number of furan rings is 1. The minimum atomic E-state index is -0.334. The summed E-state index contributed by atoms with van der Waals surface area (Å²) in [4.78, 5) is 22.8. The number of hydrogen-bond acceptors (Lipinski definition) is 6. The third kappa shape index (κ3) is 3.23. The molecule has 4 aromatic heterocycles. The highest BCUT2D eigenvalue weighted by Gasteiger charge is 2.24. The lowest BCUT2D eigenvalue weighted by Crippen LogP contribution is -2.31. The third-order valence-corrected chi connectivity index (χ3v) is 3.74. The summed E-state index contributed by atoms with van der Waals surface area (Å²) in [6.07, 6.45) is 6.50. The summed E-state index contributed by atoms with van der Waals surface area (Å²) in [6.45, 7) is 0.234. The number of pyridine rings is 2. The van der Waals surface area contributed by atoms with Crippen LogP contribution in [-0.4, -0.2) is 21.0 Å². The van der Waals surface area contributed by atoms with Crippen LogP contribution >= 0.6 is 0 Å². The topological polar surface area (TPSA) is 85.3 Å². The highest BCUT2D eigenvalue weighted by Crippen LogP contribution is 2.22. The van der Waals surface area contributed by atoms with Gasteiger partial charge in [-0.2, -0.15) is 0 Å². The van der Waals surface area contributed by atoms with Crippen molar-refractivity contribution in [1.82, 2.24) is 15.1 Å². The van der Waals surface area contributed by atoms with E-state index in [1.54, 1.807) is 61.3 Å². The molecule has 0 unspecified atom stereocenters. The van der Waals surface area contributed by atoms with Gasteiger partial charge in [-0.1, -0.05) is 11.2 Å². The molecule has 4 aromatic rings. The van der Waals surface area contributed by atoms with E-state index < -0.39 is 0 Å². The molecular weight excluding hydrogens is 332 g/mol. The van der Waals surface area contributed by atoms with Crippen molar-refractivity contribution in [3.63, 3.8) is 0 Å². The average molecular weight is 346 g/mol. The van der Waals surface area contributed by atoms with Crippen LogP contribution in [0.15, 0.2) is 82.3 Å². The summed E-state index contributed by atoms with van der Waals surface area (Å²) in [5.74, 6) is 1.28. The Morgan fingerprint density at radius 1 is 1.08 bits per heavy atom. The van der Waals surface area contributed by atoms with E-state index in [9.17, 15) is 4.79 Å². The van der Waals surface area contributed by atoms with Crippen LogP contribution in [0.5, 0.6) is 0 Å². The summed E-state index contributed by atoms with van der Waals surface area (Å²) in [6, 6.07) is 14.1. The van der Waals surface area contributed by atoms with Gasteiger partial charge >= 0.3 is 0 Å². The van der Waals surface area contributed by atoms with Crippen molar-refractivity contribution in [3.05, 3.63) is 84.8 Å². The van der Waals surface area contributed by atoms with Gasteiger partial charge in [0.25, 0.3) is 5.91 Å². The van der Waals surface area contributed by atoms with Gasteiger partial charge in [-0.05, 0) is 36.4 Å². The first-order chi connectivity index (χ1) is 12.8. The Morgan fingerprint density at radius 2 is 2.04 bits per heavy atom. The molecule has 0 atom stereocenters. The highest BCUT2D eigenvalue weighted by molar-refractivity contribution is 6.04. The Morgan fingerprint density at radius 3 is 2.77 bits per heavy atom. The van der Waals surface area contributed by atoms with Crippen LogP contribution in [0.1, 0.15) is 16.2 Å². The fraction of sp³-hybridized carbons (Fsp3) is 0.0526. The molecule has 0 saturated heterocycles. The van der Waals surface area contributed by atoms with E-state index in [2.05, 4.69) is 15.1 Å². The molecule has 128 valence electrons. The van der Waals surface area contributed by atoms with Crippen molar-refractivity contribution in [1.29, 1.82) is 0 Å². The Kier molecular flexibility index (Phi) is 4.26. The van der Waals surface area contributed by atoms with E-state index in [-0.39, 0.29) is 18.1 Å². The molecule has 1 amide bonds. The van der Waals surface area contributed by atoms with Crippen molar-refractivity contribution in [2.24, 2.45) is 0 Å². The number of rotatable bonds is 5. The molecule has 0 radical (unpaired) electrons. The first-order valence-electron chi connectivity index (χ1n) is 7.93. The van der Waals surface area contributed by atoms with Crippen LogP contribution < -0.4 is 4.90 Å². The number of carbonyl (C=O) groups excluding carboxylic acids is 1. The van der Waals surface area contributed by atoms with Gasteiger partial charge in [-0.25, -0.2) is 4.98 Å². The maximum Gasteiger partial charge on any atom is 0.282 e. The molecule has 0 bridgehead atoms. The maximum atomic E-state index is 13.0. The van der Waals surface area contributed by atoms with Crippen LogP contribution in [-0.2, 0) is 6.54 Å². The van der Waals surface area contributed by atoms with Gasteiger partial charge in [0.1, 0.15) is 11.6 Å². The lowest BCUT2D eigenvalue weighted by molar-refractivity contribution is 0.0973. The fourth-order valence-electron chi connectivity index (χ4n) is 2.49. The van der Waals surface area contributed by atoms with Gasteiger partial charge in [-0.3, -0.25) is 14.7 Å². The van der Waals surface area contributed by atoms with Crippen LogP contribution in [0.25, 0.3) is 11.3 Å². The summed E-state index contributed by atoms with van der Waals surface area (Å²) in [5, 5.41) is 3.92. The smallest absolute Gasteiger partial charge is 0.282 e. The molecule has 0 spiro atoms. The van der Waals surface area contributed by atoms with E-state index in [1.165, 1.54) is 4.90 Å². The first kappa shape index (κ1) is 15.8. The maximum absolute atomic E-state index is 13.0. The van der Waals surface area contributed by atoms with Gasteiger partial charge < -0.3 is 8.94 Å². The summed E-state index contributed by atoms with van der Waals surface area (Å²) >= 11 is 0. The minimum Gasteiger partial charge on any atom is -0.467 e. The second-order valence-corrected chi connectivity index (χ2v) is 5.48. The zero-order chi connectivity index (χ0) is 17.8. The standard InChI is InChI=1S/C19H14N4O3/c24-19(16-11-17(26-22-16)14-5-3-8-20-12-14)23(13-15-6-4-10-25-15)18-7-1-2-9-21-18/h1-12H,13H2. The van der Waals surface area contributed by atoms with E-state index in [1.807, 2.05) is 12.1 Å². The molecule has 0 aliphatic heterocycles. The summed E-state index contributed by atoms with van der Waals surface area (Å²) < 4.78 is 10.7. The van der Waals surface area contributed by atoms with E-state index >= 15 is 0 Å². The van der Waals surface area contributed by atoms with Crippen LogP contribution in [0.2, 0.25) is 0 Å². The third-order valence-electron chi connectivity index (χ3n) is 3.74. The van der Waals surface area contributed by atoms with Crippen LogP contribution in [0.4, 0.5) is 5.82 Å². The molecule has 0 aromatic carbocycles. The SMILES string of the molecule is O=C(c1cc(-c2cccnc2)on1)N(Cc1ccco1)c1ccccn1. The molecule has 0 fully saturated rings. The molecule has 26 heavy (non-hydrogen) atoms. The molecule has 0 aliphatic carbocycles. The monoisotopic (exact) mass is 346 g/mol. The molecule has 0 saturated carbocycles. The lowest BCUT2D eigenvalue weighted by Gasteiger charge is -2.19. The summed E-state index contributed by atoms with van der Waals surface area (Å²) in [5.41, 5.74) is 0.926. The summed E-state index contributed by atoms with van der Waals surface area (Å²) in [7, 11) is 0. The quantitative estimate of drug-likeness (QED) is 0.549. The molecule has 0 aliphatic rings. The van der Waals surface area contributed by atoms with E-state index in [0.717, 1.165) is 5.56 Å². The van der Waals surface area contributed by atoms with Gasteiger partial charge in [0.15, 0.2) is 11.5 Å². The molecule has 4 heterocycles. The average Bonchev–Trinajstić information content (AvgIpc) is 3.39.